The Bertz CT molecular complexity index is 941. The molecule has 2 aromatic heterocycles. The van der Waals surface area contributed by atoms with Crippen LogP contribution < -0.4 is 0 Å². The third kappa shape index (κ3) is 3.05. The van der Waals surface area contributed by atoms with E-state index in [-0.39, 0.29) is 5.25 Å². The van der Waals surface area contributed by atoms with E-state index in [1.807, 2.05) is 12.1 Å². The Morgan fingerprint density at radius 1 is 1.12 bits per heavy atom. The minimum Gasteiger partial charge on any atom is -0.419 e. The predicted octanol–water partition coefficient (Wildman–Crippen LogP) is 4.70. The quantitative estimate of drug-likeness (QED) is 0.588. The molecule has 2 aliphatic carbocycles. The van der Waals surface area contributed by atoms with Gasteiger partial charge >= 0.3 is 0 Å². The van der Waals surface area contributed by atoms with E-state index in [9.17, 15) is 0 Å². The molecular weight excluding hydrogens is 346 g/mol. The van der Waals surface area contributed by atoms with Crippen LogP contribution in [0.2, 0.25) is 0 Å². The molecule has 7 heteroatoms. The Labute approximate surface area is 156 Å². The molecule has 2 saturated carbocycles. The maximum absolute atomic E-state index is 5.94. The minimum atomic E-state index is 0.0369. The summed E-state index contributed by atoms with van der Waals surface area (Å²) in [5, 5.41) is 18.5. The fourth-order valence-corrected chi connectivity index (χ4v) is 4.12. The van der Waals surface area contributed by atoms with Gasteiger partial charge in [0.05, 0.1) is 5.25 Å². The number of hydrogen-bond acceptors (Lipinski definition) is 6. The highest BCUT2D eigenvalue weighted by atomic mass is 32.2. The van der Waals surface area contributed by atoms with Gasteiger partial charge in [0.1, 0.15) is 5.82 Å². The molecule has 0 N–H and O–H groups in total. The molecule has 5 rings (SSSR count). The van der Waals surface area contributed by atoms with Gasteiger partial charge in [0.25, 0.3) is 0 Å². The molecule has 6 nitrogen and oxygen atoms in total. The van der Waals surface area contributed by atoms with E-state index >= 15 is 0 Å². The van der Waals surface area contributed by atoms with Crippen LogP contribution in [0.3, 0.4) is 0 Å². The third-order valence-electron chi connectivity index (χ3n) is 4.88. The van der Waals surface area contributed by atoms with E-state index in [2.05, 4.69) is 50.9 Å². The number of aryl methyl sites for hydroxylation is 1. The van der Waals surface area contributed by atoms with Crippen molar-refractivity contribution in [1.29, 1.82) is 0 Å². The molecule has 1 unspecified atom stereocenters. The van der Waals surface area contributed by atoms with Gasteiger partial charge < -0.3 is 8.98 Å². The van der Waals surface area contributed by atoms with Crippen LogP contribution in [0.4, 0.5) is 0 Å². The Balaban J connectivity index is 1.37. The van der Waals surface area contributed by atoms with Gasteiger partial charge in [-0.25, -0.2) is 0 Å². The van der Waals surface area contributed by atoms with Crippen LogP contribution in [0.1, 0.15) is 67.1 Å². The van der Waals surface area contributed by atoms with Crippen molar-refractivity contribution in [2.45, 2.75) is 61.9 Å². The highest BCUT2D eigenvalue weighted by Gasteiger charge is 2.37. The summed E-state index contributed by atoms with van der Waals surface area (Å²) in [7, 11) is 0. The van der Waals surface area contributed by atoms with Crippen molar-refractivity contribution in [2.24, 2.45) is 0 Å². The second-order valence-electron chi connectivity index (χ2n) is 7.29. The minimum absolute atomic E-state index is 0.0369. The van der Waals surface area contributed by atoms with E-state index in [1.54, 1.807) is 11.8 Å². The van der Waals surface area contributed by atoms with Gasteiger partial charge in [-0.1, -0.05) is 29.5 Å². The lowest BCUT2D eigenvalue weighted by Crippen LogP contribution is -2.02. The number of rotatable bonds is 6. The molecule has 134 valence electrons. The van der Waals surface area contributed by atoms with Crippen molar-refractivity contribution in [3.63, 3.8) is 0 Å². The first-order valence-electron chi connectivity index (χ1n) is 9.21. The Hall–Kier alpha value is -2.15. The average Bonchev–Trinajstić information content (AvgIpc) is 3.56. The smallest absolute Gasteiger partial charge is 0.247 e. The zero-order valence-electron chi connectivity index (χ0n) is 14.9. The van der Waals surface area contributed by atoms with Gasteiger partial charge in [0, 0.05) is 17.5 Å². The maximum Gasteiger partial charge on any atom is 0.247 e. The van der Waals surface area contributed by atoms with E-state index < -0.39 is 0 Å². The molecule has 0 bridgehead atoms. The molecular formula is C19H21N5OS. The second-order valence-corrected chi connectivity index (χ2v) is 8.60. The molecule has 2 aliphatic rings. The highest BCUT2D eigenvalue weighted by Crippen LogP contribution is 2.47. The van der Waals surface area contributed by atoms with Crippen molar-refractivity contribution < 1.29 is 4.42 Å². The summed E-state index contributed by atoms with van der Waals surface area (Å²) in [4.78, 5) is 0. The van der Waals surface area contributed by atoms with Crippen molar-refractivity contribution >= 4 is 11.8 Å². The topological polar surface area (TPSA) is 69.6 Å². The number of hydrogen-bond donors (Lipinski definition) is 0. The predicted molar refractivity (Wildman–Crippen MR) is 99.0 cm³/mol. The van der Waals surface area contributed by atoms with Gasteiger partial charge in [-0.3, -0.25) is 0 Å². The van der Waals surface area contributed by atoms with E-state index in [0.717, 1.165) is 10.7 Å². The standard InChI is InChI=1S/C19H21N5OS/c1-11-4-3-5-14(10-11)18-22-21-17(25-18)12(2)26-19-23-20-16(13-6-7-13)24(19)15-8-9-15/h3-5,10,12-13,15H,6-9H2,1-2H3. The lowest BCUT2D eigenvalue weighted by atomic mass is 10.1. The molecule has 3 aromatic rings. The third-order valence-corrected chi connectivity index (χ3v) is 5.93. The molecule has 2 fully saturated rings. The van der Waals surface area contributed by atoms with Crippen LogP contribution in [-0.4, -0.2) is 25.0 Å². The molecule has 1 aromatic carbocycles. The SMILES string of the molecule is Cc1cccc(-c2nnc(C(C)Sc3nnc(C4CC4)n3C3CC3)o2)c1. The van der Waals surface area contributed by atoms with Crippen LogP contribution in [-0.2, 0) is 0 Å². The summed E-state index contributed by atoms with van der Waals surface area (Å²) >= 11 is 1.66. The van der Waals surface area contributed by atoms with E-state index in [1.165, 1.54) is 37.1 Å². The van der Waals surface area contributed by atoms with Crippen LogP contribution >= 0.6 is 11.8 Å². The van der Waals surface area contributed by atoms with Crippen molar-refractivity contribution in [2.75, 3.05) is 0 Å². The molecule has 2 heterocycles. The van der Waals surface area contributed by atoms with Crippen LogP contribution in [0.15, 0.2) is 33.8 Å². The molecule has 0 radical (unpaired) electrons. The van der Waals surface area contributed by atoms with Gasteiger partial charge in [-0.05, 0) is 51.7 Å². The fourth-order valence-electron chi connectivity index (χ4n) is 3.17. The average molecular weight is 367 g/mol. The molecule has 0 saturated heterocycles. The van der Waals surface area contributed by atoms with Gasteiger partial charge in [0.15, 0.2) is 5.16 Å². The van der Waals surface area contributed by atoms with Crippen molar-refractivity contribution in [3.8, 4) is 11.5 Å². The molecule has 0 spiro atoms. The summed E-state index contributed by atoms with van der Waals surface area (Å²) in [6, 6.07) is 8.70. The number of nitrogens with zero attached hydrogens (tertiary/aromatic N) is 5. The van der Waals surface area contributed by atoms with Crippen LogP contribution in [0.5, 0.6) is 0 Å². The van der Waals surface area contributed by atoms with E-state index in [4.69, 9.17) is 4.42 Å². The summed E-state index contributed by atoms with van der Waals surface area (Å²) in [5.74, 6) is 2.99. The number of aromatic nitrogens is 5. The lowest BCUT2D eigenvalue weighted by Gasteiger charge is -2.10. The largest absolute Gasteiger partial charge is 0.419 e. The monoisotopic (exact) mass is 367 g/mol. The molecule has 1 atom stereocenters. The number of benzene rings is 1. The van der Waals surface area contributed by atoms with Crippen LogP contribution in [0, 0.1) is 6.92 Å². The lowest BCUT2D eigenvalue weighted by molar-refractivity contribution is 0.508. The van der Waals surface area contributed by atoms with Crippen LogP contribution in [0.25, 0.3) is 11.5 Å². The summed E-state index contributed by atoms with van der Waals surface area (Å²) < 4.78 is 8.30. The first-order valence-corrected chi connectivity index (χ1v) is 10.1. The van der Waals surface area contributed by atoms with Crippen molar-refractivity contribution in [1.82, 2.24) is 25.0 Å². The Kier molecular flexibility index (Phi) is 3.85. The summed E-state index contributed by atoms with van der Waals surface area (Å²) in [6.07, 6.45) is 4.96. The first-order chi connectivity index (χ1) is 12.7. The first kappa shape index (κ1) is 16.1. The molecule has 26 heavy (non-hydrogen) atoms. The van der Waals surface area contributed by atoms with Gasteiger partial charge in [0.2, 0.25) is 11.8 Å². The summed E-state index contributed by atoms with van der Waals surface area (Å²) in [5.41, 5.74) is 2.13. The normalized spacial score (nSPS) is 18.2. The number of thioether (sulfide) groups is 1. The van der Waals surface area contributed by atoms with Crippen molar-refractivity contribution in [3.05, 3.63) is 41.5 Å². The Morgan fingerprint density at radius 2 is 1.96 bits per heavy atom. The van der Waals surface area contributed by atoms with Gasteiger partial charge in [-0.15, -0.1) is 20.4 Å². The zero-order valence-corrected chi connectivity index (χ0v) is 15.7. The fraction of sp³-hybridized carbons (Fsp3) is 0.474. The highest BCUT2D eigenvalue weighted by molar-refractivity contribution is 7.99. The maximum atomic E-state index is 5.94. The molecule has 0 aliphatic heterocycles. The second kappa shape index (κ2) is 6.23. The van der Waals surface area contributed by atoms with E-state index in [0.29, 0.717) is 23.7 Å². The summed E-state index contributed by atoms with van der Waals surface area (Å²) in [6.45, 7) is 4.14. The van der Waals surface area contributed by atoms with Gasteiger partial charge in [-0.2, -0.15) is 0 Å². The Morgan fingerprint density at radius 3 is 2.69 bits per heavy atom. The zero-order chi connectivity index (χ0) is 17.7. The molecule has 0 amide bonds.